The molecule has 1 unspecified atom stereocenters. The van der Waals surface area contributed by atoms with Gasteiger partial charge >= 0.3 is 10.4 Å². The van der Waals surface area contributed by atoms with Crippen LogP contribution in [-0.4, -0.2) is 125 Å². The van der Waals surface area contributed by atoms with Crippen molar-refractivity contribution in [1.29, 1.82) is 0 Å². The highest BCUT2D eigenvalue weighted by molar-refractivity contribution is 7.80. The molecule has 0 aromatic rings. The van der Waals surface area contributed by atoms with Crippen LogP contribution < -0.4 is 10.6 Å². The number of hydrogen-bond acceptors (Lipinski definition) is 13. The maximum Gasteiger partial charge on any atom is 0.397 e. The Labute approximate surface area is 188 Å². The molecule has 0 bridgehead atoms. The summed E-state index contributed by atoms with van der Waals surface area (Å²) in [7, 11) is -4.93. The Balaban J connectivity index is 2.30. The maximum atomic E-state index is 11.6. The Kier molecular flexibility index (Phi) is 9.48. The predicted octanol–water partition coefficient (Wildman–Crippen LogP) is -5.28. The Hall–Kier alpha value is -1.51. The highest BCUT2D eigenvalue weighted by Gasteiger charge is 2.51. The van der Waals surface area contributed by atoms with Gasteiger partial charge in [0.15, 0.2) is 12.6 Å². The van der Waals surface area contributed by atoms with Gasteiger partial charge in [0.2, 0.25) is 11.8 Å². The van der Waals surface area contributed by atoms with Gasteiger partial charge in [0.05, 0.1) is 13.2 Å². The first-order valence-electron chi connectivity index (χ1n) is 9.70. The van der Waals surface area contributed by atoms with Gasteiger partial charge in [-0.3, -0.25) is 14.1 Å². The molecule has 33 heavy (non-hydrogen) atoms. The van der Waals surface area contributed by atoms with Crippen LogP contribution in [0, 0.1) is 0 Å². The van der Waals surface area contributed by atoms with Crippen LogP contribution in [0.1, 0.15) is 13.8 Å². The van der Waals surface area contributed by atoms with Crippen molar-refractivity contribution in [3.63, 3.8) is 0 Å². The number of amides is 2. The van der Waals surface area contributed by atoms with Gasteiger partial charge in [0.1, 0.15) is 48.7 Å². The molecular weight excluding hydrogens is 476 g/mol. The fourth-order valence-corrected chi connectivity index (χ4v) is 3.83. The van der Waals surface area contributed by atoms with Crippen molar-refractivity contribution < 1.29 is 66.5 Å². The van der Waals surface area contributed by atoms with Crippen LogP contribution in [0.15, 0.2) is 0 Å². The molecule has 0 aromatic carbocycles. The Bertz CT molecular complexity index is 796. The summed E-state index contributed by atoms with van der Waals surface area (Å²) in [6, 6.07) is -2.86. The van der Waals surface area contributed by atoms with Gasteiger partial charge in [-0.15, -0.1) is 0 Å². The summed E-state index contributed by atoms with van der Waals surface area (Å²) in [6.07, 6.45) is -13.2. The molecule has 0 spiro atoms. The molecule has 0 aliphatic carbocycles. The van der Waals surface area contributed by atoms with Gasteiger partial charge in [-0.1, -0.05) is 0 Å². The number of hydrogen-bond donors (Lipinski definition) is 8. The number of carbonyl (C=O) groups is 2. The first-order chi connectivity index (χ1) is 15.2. The maximum absolute atomic E-state index is 11.6. The molecule has 2 heterocycles. The summed E-state index contributed by atoms with van der Waals surface area (Å²) in [5.41, 5.74) is 0. The van der Waals surface area contributed by atoms with Gasteiger partial charge in [-0.05, 0) is 0 Å². The molecule has 17 heteroatoms. The van der Waals surface area contributed by atoms with Gasteiger partial charge < -0.3 is 50.4 Å². The van der Waals surface area contributed by atoms with E-state index in [4.69, 9.17) is 18.8 Å². The molecule has 2 amide bonds. The molecule has 2 rings (SSSR count). The zero-order valence-corrected chi connectivity index (χ0v) is 18.4. The van der Waals surface area contributed by atoms with Crippen molar-refractivity contribution >= 4 is 22.2 Å². The first kappa shape index (κ1) is 27.7. The molecule has 2 fully saturated rings. The van der Waals surface area contributed by atoms with E-state index in [1.165, 1.54) is 0 Å². The van der Waals surface area contributed by atoms with Crippen molar-refractivity contribution in [2.75, 3.05) is 13.2 Å². The first-order valence-corrected chi connectivity index (χ1v) is 11.1. The Morgan fingerprint density at radius 1 is 0.909 bits per heavy atom. The van der Waals surface area contributed by atoms with E-state index in [-0.39, 0.29) is 0 Å². The normalized spacial score (nSPS) is 39.6. The third-order valence-electron chi connectivity index (χ3n) is 4.99. The van der Waals surface area contributed by atoms with Crippen molar-refractivity contribution in [3.8, 4) is 0 Å². The third kappa shape index (κ3) is 7.23. The molecule has 0 radical (unpaired) electrons. The fourth-order valence-electron chi connectivity index (χ4n) is 3.52. The largest absolute Gasteiger partial charge is 0.397 e. The number of nitrogens with one attached hydrogen (secondary N) is 2. The molecule has 2 saturated heterocycles. The summed E-state index contributed by atoms with van der Waals surface area (Å²) >= 11 is 0. The minimum atomic E-state index is -4.93. The highest BCUT2D eigenvalue weighted by Crippen LogP contribution is 2.29. The van der Waals surface area contributed by atoms with Crippen molar-refractivity contribution in [3.05, 3.63) is 0 Å². The number of aliphatic hydroxyl groups excluding tert-OH is 5. The monoisotopic (exact) mass is 504 g/mol. The molecule has 8 N–H and O–H groups in total. The lowest BCUT2D eigenvalue weighted by Gasteiger charge is -2.47. The van der Waals surface area contributed by atoms with Crippen LogP contribution in [0.2, 0.25) is 0 Å². The summed E-state index contributed by atoms with van der Waals surface area (Å²) in [4.78, 5) is 23.0. The molecule has 2 aliphatic rings. The minimum absolute atomic E-state index is 0.631. The van der Waals surface area contributed by atoms with E-state index in [0.717, 1.165) is 13.8 Å². The molecule has 0 aromatic heterocycles. The Morgan fingerprint density at radius 3 is 2.00 bits per heavy atom. The quantitative estimate of drug-likeness (QED) is 0.144. The van der Waals surface area contributed by atoms with E-state index in [9.17, 15) is 43.5 Å². The minimum Gasteiger partial charge on any atom is -0.394 e. The molecule has 0 saturated carbocycles. The zero-order valence-electron chi connectivity index (χ0n) is 17.5. The lowest BCUT2D eigenvalue weighted by atomic mass is 9.94. The van der Waals surface area contributed by atoms with Crippen LogP contribution in [-0.2, 0) is 38.4 Å². The average molecular weight is 504 g/mol. The molecule has 16 nitrogen and oxygen atoms in total. The molecular formula is C16H28N2O14S. The second-order valence-electron chi connectivity index (χ2n) is 7.53. The topological polar surface area (TPSA) is 251 Å². The number of rotatable bonds is 8. The van der Waals surface area contributed by atoms with E-state index in [1.807, 2.05) is 0 Å². The van der Waals surface area contributed by atoms with Crippen LogP contribution in [0.3, 0.4) is 0 Å². The molecule has 10 atom stereocenters. The van der Waals surface area contributed by atoms with Gasteiger partial charge in [0.25, 0.3) is 0 Å². The van der Waals surface area contributed by atoms with Crippen molar-refractivity contribution in [2.45, 2.75) is 75.1 Å². The van der Waals surface area contributed by atoms with Crippen LogP contribution in [0.5, 0.6) is 0 Å². The van der Waals surface area contributed by atoms with Crippen LogP contribution in [0.4, 0.5) is 0 Å². The lowest BCUT2D eigenvalue weighted by molar-refractivity contribution is -0.327. The average Bonchev–Trinajstić information content (AvgIpc) is 2.70. The smallest absolute Gasteiger partial charge is 0.394 e. The SMILES string of the molecule is CC(=O)N[C@H]1[C@H](O[C@H]2[C@H](O)[C@@H](NC(C)=O)C(O)O[C@@H]2CO)O[C@H](COS(=O)(=O)O)[C@H](O)[C@@H]1O. The summed E-state index contributed by atoms with van der Waals surface area (Å²) in [6.45, 7) is 0.470. The van der Waals surface area contributed by atoms with E-state index < -0.39 is 96.7 Å². The number of aliphatic hydroxyl groups is 5. The lowest BCUT2D eigenvalue weighted by Crippen LogP contribution is -2.69. The fraction of sp³-hybridized carbons (Fsp3) is 0.875. The Morgan fingerprint density at radius 2 is 1.48 bits per heavy atom. The summed E-state index contributed by atoms with van der Waals surface area (Å²) in [5.74, 6) is -1.31. The standard InChI is InChI=1S/C16H28N2O14S/c1-5(20)17-9-13(24)14(7(3-19)30-15(9)25)32-16-10(18-6(2)21)12(23)11(22)8(31-16)4-29-33(26,27)28/h7-16,19,22-25H,3-4H2,1-2H3,(H,17,20)(H,18,21)(H,26,27,28)/t7-,8-,9-,10-,11+,12-,13-,14-,15?,16+/m1/s1. The second kappa shape index (κ2) is 11.3. The highest BCUT2D eigenvalue weighted by atomic mass is 32.3. The predicted molar refractivity (Wildman–Crippen MR) is 102 cm³/mol. The van der Waals surface area contributed by atoms with Crippen molar-refractivity contribution in [2.24, 2.45) is 0 Å². The number of carbonyl (C=O) groups excluding carboxylic acids is 2. The van der Waals surface area contributed by atoms with Gasteiger partial charge in [0, 0.05) is 13.8 Å². The van der Waals surface area contributed by atoms with E-state index >= 15 is 0 Å². The van der Waals surface area contributed by atoms with Crippen LogP contribution in [0.25, 0.3) is 0 Å². The summed E-state index contributed by atoms with van der Waals surface area (Å²) in [5, 5.41) is 55.5. The molecule has 192 valence electrons. The molecule has 2 aliphatic heterocycles. The number of ether oxygens (including phenoxy) is 3. The van der Waals surface area contributed by atoms with E-state index in [1.54, 1.807) is 0 Å². The van der Waals surface area contributed by atoms with Crippen molar-refractivity contribution in [1.82, 2.24) is 10.6 Å². The zero-order chi connectivity index (χ0) is 25.1. The van der Waals surface area contributed by atoms with E-state index in [2.05, 4.69) is 14.8 Å². The van der Waals surface area contributed by atoms with Gasteiger partial charge in [-0.2, -0.15) is 8.42 Å². The van der Waals surface area contributed by atoms with E-state index in [0.29, 0.717) is 0 Å². The third-order valence-corrected chi connectivity index (χ3v) is 5.42. The van der Waals surface area contributed by atoms with Gasteiger partial charge in [-0.25, -0.2) is 4.18 Å². The second-order valence-corrected chi connectivity index (χ2v) is 8.62. The summed E-state index contributed by atoms with van der Waals surface area (Å²) < 4.78 is 50.9. The van der Waals surface area contributed by atoms with Crippen LogP contribution >= 0.6 is 0 Å².